The second-order valence-electron chi connectivity index (χ2n) is 4.20. The molecule has 0 heterocycles. The topological polar surface area (TPSA) is 15.5 Å². The smallest absolute Gasteiger partial charge is 0.340 e. The van der Waals surface area contributed by atoms with Crippen molar-refractivity contribution in [2.45, 2.75) is 26.2 Å². The number of hydrogen-bond acceptors (Lipinski definition) is 2. The average molecular weight is 285 g/mol. The summed E-state index contributed by atoms with van der Waals surface area (Å²) in [5.74, 6) is -4.03. The molecule has 0 aliphatic rings. The predicted octanol–water partition coefficient (Wildman–Crippen LogP) is 2.43. The van der Waals surface area contributed by atoms with Crippen molar-refractivity contribution in [2.24, 2.45) is 0 Å². The molecule has 0 saturated heterocycles. The highest BCUT2D eigenvalue weighted by molar-refractivity contribution is 5.71. The zero-order chi connectivity index (χ0) is 15.1. The second-order valence-corrected chi connectivity index (χ2v) is 4.20. The first kappa shape index (κ1) is 17.7. The van der Waals surface area contributed by atoms with Gasteiger partial charge in [-0.3, -0.25) is 0 Å². The van der Waals surface area contributed by atoms with E-state index in [1.165, 1.54) is 12.4 Å². The molecular weight excluding hydrogens is 264 g/mol. The Morgan fingerprint density at radius 1 is 1.26 bits per heavy atom. The van der Waals surface area contributed by atoms with Gasteiger partial charge in [0.2, 0.25) is 6.21 Å². The second kappa shape index (κ2) is 8.01. The zero-order valence-electron chi connectivity index (χ0n) is 11.7. The summed E-state index contributed by atoms with van der Waals surface area (Å²) >= 11 is 0. The normalized spacial score (nSPS) is 12.6. The van der Waals surface area contributed by atoms with E-state index in [2.05, 4.69) is 0 Å². The Morgan fingerprint density at radius 3 is 2.16 bits per heavy atom. The highest BCUT2D eigenvalue weighted by Gasteiger charge is 2.42. The highest BCUT2D eigenvalue weighted by Crippen LogP contribution is 2.23. The Hall–Kier alpha value is -1.27. The molecule has 3 nitrogen and oxygen atoms in total. The molecule has 0 atom stereocenters. The fraction of sp³-hybridized carbons (Fsp3) is 0.750. The van der Waals surface area contributed by atoms with E-state index >= 15 is 0 Å². The summed E-state index contributed by atoms with van der Waals surface area (Å²) in [6, 6.07) is 0. The van der Waals surface area contributed by atoms with Gasteiger partial charge in [0, 0.05) is 19.3 Å². The summed E-state index contributed by atoms with van der Waals surface area (Å²) in [5, 5.41) is 0. The summed E-state index contributed by atoms with van der Waals surface area (Å²) in [4.78, 5) is 1.82. The van der Waals surface area contributed by atoms with Gasteiger partial charge >= 0.3 is 12.3 Å². The van der Waals surface area contributed by atoms with Crippen LogP contribution in [0.1, 0.15) is 13.8 Å². The van der Waals surface area contributed by atoms with Crippen LogP contribution in [0.15, 0.2) is 12.0 Å². The molecule has 112 valence electrons. The van der Waals surface area contributed by atoms with Crippen molar-refractivity contribution in [3.8, 4) is 0 Å². The molecule has 0 aromatic heterocycles. The lowest BCUT2D eigenvalue weighted by molar-refractivity contribution is -0.459. The van der Waals surface area contributed by atoms with Gasteiger partial charge in [0.1, 0.15) is 14.1 Å². The Labute approximate surface area is 111 Å². The van der Waals surface area contributed by atoms with Gasteiger partial charge in [-0.2, -0.15) is 8.78 Å². The maximum atomic E-state index is 12.8. The van der Waals surface area contributed by atoms with Gasteiger partial charge in [-0.05, 0) is 13.8 Å². The molecule has 0 amide bonds. The van der Waals surface area contributed by atoms with Crippen LogP contribution in [0.5, 0.6) is 0 Å². The Bertz CT molecular complexity index is 322. The molecule has 0 N–H and O–H groups in total. The van der Waals surface area contributed by atoms with Crippen molar-refractivity contribution in [1.82, 2.24) is 4.90 Å². The summed E-state index contributed by atoms with van der Waals surface area (Å²) in [5.41, 5.74) is 0. The Balaban J connectivity index is 4.85. The Kier molecular flexibility index (Phi) is 7.48. The monoisotopic (exact) mass is 285 g/mol. The third-order valence-corrected chi connectivity index (χ3v) is 2.26. The number of halogens is 4. The fourth-order valence-electron chi connectivity index (χ4n) is 1.19. The molecule has 19 heavy (non-hydrogen) atoms. The van der Waals surface area contributed by atoms with Gasteiger partial charge in [-0.1, -0.05) is 0 Å². The SMILES string of the molecule is CCN(/C=C(\C=[N+](C)C)OCC(F)(F)C(F)F)CC. The third kappa shape index (κ3) is 7.03. The van der Waals surface area contributed by atoms with Gasteiger partial charge in [0.25, 0.3) is 0 Å². The molecule has 0 spiro atoms. The van der Waals surface area contributed by atoms with Crippen molar-refractivity contribution in [2.75, 3.05) is 33.8 Å². The van der Waals surface area contributed by atoms with Gasteiger partial charge in [0.15, 0.2) is 12.4 Å². The average Bonchev–Trinajstić information content (AvgIpc) is 2.31. The number of alkyl halides is 4. The maximum absolute atomic E-state index is 12.8. The lowest BCUT2D eigenvalue weighted by Crippen LogP contribution is -2.32. The lowest BCUT2D eigenvalue weighted by atomic mass is 10.4. The molecule has 0 radical (unpaired) electrons. The fourth-order valence-corrected chi connectivity index (χ4v) is 1.19. The molecular formula is C12H21F4N2O+. The molecule has 0 saturated carbocycles. The Morgan fingerprint density at radius 2 is 1.79 bits per heavy atom. The van der Waals surface area contributed by atoms with Crippen LogP contribution in [0.25, 0.3) is 0 Å². The minimum atomic E-state index is -4.15. The van der Waals surface area contributed by atoms with E-state index < -0.39 is 19.0 Å². The van der Waals surface area contributed by atoms with Crippen molar-refractivity contribution >= 4 is 6.21 Å². The van der Waals surface area contributed by atoms with Crippen LogP contribution in [-0.4, -0.2) is 61.8 Å². The first-order valence-corrected chi connectivity index (χ1v) is 5.98. The summed E-state index contributed by atoms with van der Waals surface area (Å²) in [7, 11) is 3.37. The summed E-state index contributed by atoms with van der Waals surface area (Å²) in [6.45, 7) is 3.76. The predicted molar refractivity (Wildman–Crippen MR) is 66.1 cm³/mol. The van der Waals surface area contributed by atoms with E-state index in [9.17, 15) is 17.6 Å². The van der Waals surface area contributed by atoms with Crippen LogP contribution >= 0.6 is 0 Å². The van der Waals surface area contributed by atoms with E-state index in [4.69, 9.17) is 4.74 Å². The quantitative estimate of drug-likeness (QED) is 0.294. The molecule has 0 bridgehead atoms. The van der Waals surface area contributed by atoms with E-state index in [-0.39, 0.29) is 5.76 Å². The van der Waals surface area contributed by atoms with Gasteiger partial charge in [-0.25, -0.2) is 13.4 Å². The maximum Gasteiger partial charge on any atom is 0.340 e. The summed E-state index contributed by atoms with van der Waals surface area (Å²) < 4.78 is 56.1. The van der Waals surface area contributed by atoms with E-state index in [0.717, 1.165) is 0 Å². The van der Waals surface area contributed by atoms with Crippen molar-refractivity contribution in [1.29, 1.82) is 0 Å². The molecule has 0 aromatic carbocycles. The van der Waals surface area contributed by atoms with Crippen molar-refractivity contribution in [3.63, 3.8) is 0 Å². The number of hydrogen-bond donors (Lipinski definition) is 0. The molecule has 0 aliphatic heterocycles. The van der Waals surface area contributed by atoms with Crippen LogP contribution in [-0.2, 0) is 4.74 Å². The van der Waals surface area contributed by atoms with Gasteiger partial charge in [0.05, 0.1) is 0 Å². The number of ether oxygens (including phenoxy) is 1. The minimum Gasteiger partial charge on any atom is -0.480 e. The van der Waals surface area contributed by atoms with Gasteiger partial charge < -0.3 is 9.64 Å². The van der Waals surface area contributed by atoms with Crippen LogP contribution in [0.3, 0.4) is 0 Å². The number of allylic oxidation sites excluding steroid dienone is 1. The van der Waals surface area contributed by atoms with E-state index in [1.807, 2.05) is 18.7 Å². The first-order valence-electron chi connectivity index (χ1n) is 5.98. The number of rotatable bonds is 8. The highest BCUT2D eigenvalue weighted by atomic mass is 19.3. The minimum absolute atomic E-state index is 0.119. The number of nitrogens with zero attached hydrogens (tertiary/aromatic N) is 2. The molecule has 7 heteroatoms. The van der Waals surface area contributed by atoms with E-state index in [1.54, 1.807) is 18.7 Å². The van der Waals surface area contributed by atoms with E-state index in [0.29, 0.717) is 13.1 Å². The van der Waals surface area contributed by atoms with Crippen LogP contribution in [0.4, 0.5) is 17.6 Å². The van der Waals surface area contributed by atoms with Gasteiger partial charge in [-0.15, -0.1) is 0 Å². The lowest BCUT2D eigenvalue weighted by Gasteiger charge is -2.19. The van der Waals surface area contributed by atoms with Crippen molar-refractivity contribution < 1.29 is 26.9 Å². The first-order chi connectivity index (χ1) is 8.72. The zero-order valence-corrected chi connectivity index (χ0v) is 11.7. The molecule has 0 fully saturated rings. The molecule has 0 rings (SSSR count). The standard InChI is InChI=1S/C12H21F4N2O/c1-5-18(6-2)8-10(7-17(3)4)19-9-12(15,16)11(13)14/h7-8,11H,5-6,9H2,1-4H3/q+1. The molecule has 0 aromatic rings. The third-order valence-electron chi connectivity index (χ3n) is 2.26. The molecule has 0 unspecified atom stereocenters. The van der Waals surface area contributed by atoms with Crippen molar-refractivity contribution in [3.05, 3.63) is 12.0 Å². The largest absolute Gasteiger partial charge is 0.480 e. The summed E-state index contributed by atoms with van der Waals surface area (Å²) in [6.07, 6.45) is -0.747. The molecule has 0 aliphatic carbocycles. The van der Waals surface area contributed by atoms with Crippen LogP contribution < -0.4 is 0 Å². The van der Waals surface area contributed by atoms with Crippen LogP contribution in [0.2, 0.25) is 0 Å². The van der Waals surface area contributed by atoms with Crippen LogP contribution in [0, 0.1) is 0 Å².